The van der Waals surface area contributed by atoms with Crippen LogP contribution in [0, 0.1) is 0 Å². The van der Waals surface area contributed by atoms with Gasteiger partial charge in [-0.2, -0.15) is 0 Å². The van der Waals surface area contributed by atoms with Crippen molar-refractivity contribution in [1.29, 1.82) is 0 Å². The van der Waals surface area contributed by atoms with Gasteiger partial charge < -0.3 is 15.5 Å². The number of benzene rings is 1. The van der Waals surface area contributed by atoms with E-state index in [0.29, 0.717) is 13.1 Å². The zero-order chi connectivity index (χ0) is 17.8. The molecule has 0 radical (unpaired) electrons. The lowest BCUT2D eigenvalue weighted by Crippen LogP contribution is -2.56. The average molecular weight is 381 g/mol. The van der Waals surface area contributed by atoms with Gasteiger partial charge in [0.25, 0.3) is 0 Å². The number of piperazine rings is 1. The minimum Gasteiger partial charge on any atom is -0.339 e. The van der Waals surface area contributed by atoms with Crippen LogP contribution in [0.3, 0.4) is 0 Å². The van der Waals surface area contributed by atoms with E-state index < -0.39 is 6.04 Å². The van der Waals surface area contributed by atoms with Crippen LogP contribution in [0.25, 0.3) is 0 Å². The van der Waals surface area contributed by atoms with Crippen molar-refractivity contribution in [2.75, 3.05) is 37.6 Å². The summed E-state index contributed by atoms with van der Waals surface area (Å²) in [7, 11) is 0. The fourth-order valence-electron chi connectivity index (χ4n) is 3.79. The van der Waals surface area contributed by atoms with Crippen molar-refractivity contribution in [3.05, 3.63) is 30.3 Å². The number of halogens is 1. The second kappa shape index (κ2) is 9.35. The van der Waals surface area contributed by atoms with Crippen LogP contribution in [0.15, 0.2) is 30.3 Å². The molecule has 2 aliphatic rings. The zero-order valence-electron chi connectivity index (χ0n) is 15.3. The molecule has 3 rings (SSSR count). The van der Waals surface area contributed by atoms with E-state index in [-0.39, 0.29) is 30.3 Å². The van der Waals surface area contributed by atoms with Crippen molar-refractivity contribution in [2.24, 2.45) is 5.73 Å². The number of nitrogens with zero attached hydrogens (tertiary/aromatic N) is 3. The number of hydrogen-bond acceptors (Lipinski definition) is 4. The number of anilines is 1. The smallest absolute Gasteiger partial charge is 0.244 e. The van der Waals surface area contributed by atoms with E-state index in [2.05, 4.69) is 4.90 Å². The Labute approximate surface area is 161 Å². The van der Waals surface area contributed by atoms with Crippen molar-refractivity contribution in [1.82, 2.24) is 9.80 Å². The van der Waals surface area contributed by atoms with Gasteiger partial charge in [-0.3, -0.25) is 14.5 Å². The highest BCUT2D eigenvalue weighted by atomic mass is 35.5. The first-order valence-electron chi connectivity index (χ1n) is 9.26. The van der Waals surface area contributed by atoms with E-state index in [0.717, 1.165) is 44.6 Å². The fourth-order valence-corrected chi connectivity index (χ4v) is 3.79. The number of hydrogen-bond donors (Lipinski definition) is 1. The largest absolute Gasteiger partial charge is 0.339 e. The molecule has 144 valence electrons. The Kier molecular flexibility index (Phi) is 7.43. The summed E-state index contributed by atoms with van der Waals surface area (Å²) in [6, 6.07) is 9.37. The molecule has 6 nitrogen and oxygen atoms in total. The second-order valence-corrected chi connectivity index (χ2v) is 6.89. The molecule has 2 atom stereocenters. The van der Waals surface area contributed by atoms with E-state index >= 15 is 0 Å². The van der Waals surface area contributed by atoms with E-state index in [1.165, 1.54) is 0 Å². The van der Waals surface area contributed by atoms with Gasteiger partial charge in [0.2, 0.25) is 11.8 Å². The Morgan fingerprint density at radius 3 is 2.42 bits per heavy atom. The topological polar surface area (TPSA) is 69.9 Å². The van der Waals surface area contributed by atoms with Crippen LogP contribution in [0.2, 0.25) is 0 Å². The number of carbonyl (C=O) groups is 2. The third-order valence-corrected chi connectivity index (χ3v) is 5.23. The van der Waals surface area contributed by atoms with Crippen molar-refractivity contribution in [3.8, 4) is 0 Å². The Morgan fingerprint density at radius 1 is 1.15 bits per heavy atom. The molecular formula is C19H29ClN4O2. The molecule has 2 heterocycles. The molecule has 0 aliphatic carbocycles. The number of nitrogens with two attached hydrogens (primary N) is 1. The van der Waals surface area contributed by atoms with Crippen LogP contribution in [0.1, 0.15) is 26.2 Å². The molecule has 26 heavy (non-hydrogen) atoms. The Balaban J connectivity index is 0.00000243. The van der Waals surface area contributed by atoms with Crippen LogP contribution in [0.4, 0.5) is 5.69 Å². The Bertz CT molecular complexity index is 605. The Hall–Kier alpha value is -1.63. The molecule has 2 aliphatic heterocycles. The number of amides is 2. The Morgan fingerprint density at radius 2 is 1.81 bits per heavy atom. The first-order valence-corrected chi connectivity index (χ1v) is 9.26. The number of rotatable bonds is 5. The van der Waals surface area contributed by atoms with Crippen LogP contribution in [-0.4, -0.2) is 66.4 Å². The lowest BCUT2D eigenvalue weighted by Gasteiger charge is -2.38. The first kappa shape index (κ1) is 20.7. The molecule has 2 amide bonds. The minimum absolute atomic E-state index is 0. The third kappa shape index (κ3) is 4.37. The lowest BCUT2D eigenvalue weighted by atomic mass is 10.1. The molecule has 2 fully saturated rings. The summed E-state index contributed by atoms with van der Waals surface area (Å²) in [4.78, 5) is 31.1. The molecule has 2 unspecified atom stereocenters. The SMILES string of the molecule is CCCC(N)C(=O)N1CCN(C2CCN(c3ccccc3)C2=O)CC1.Cl. The van der Waals surface area contributed by atoms with Gasteiger partial charge in [0.05, 0.1) is 12.1 Å². The summed E-state index contributed by atoms with van der Waals surface area (Å²) in [6.45, 7) is 5.59. The van der Waals surface area contributed by atoms with Crippen molar-refractivity contribution >= 4 is 29.9 Å². The summed E-state index contributed by atoms with van der Waals surface area (Å²) in [5.41, 5.74) is 6.92. The van der Waals surface area contributed by atoms with E-state index in [1.807, 2.05) is 47.1 Å². The molecule has 0 spiro atoms. The minimum atomic E-state index is -0.391. The molecule has 0 aromatic heterocycles. The highest BCUT2D eigenvalue weighted by molar-refractivity contribution is 5.99. The van der Waals surface area contributed by atoms with Crippen LogP contribution in [-0.2, 0) is 9.59 Å². The monoisotopic (exact) mass is 380 g/mol. The fraction of sp³-hybridized carbons (Fsp3) is 0.579. The van der Waals surface area contributed by atoms with Crippen molar-refractivity contribution in [3.63, 3.8) is 0 Å². The third-order valence-electron chi connectivity index (χ3n) is 5.23. The molecule has 0 saturated carbocycles. The standard InChI is InChI=1S/C19H28N4O2.ClH/c1-2-6-16(20)18(24)22-13-11-21(12-14-22)17-9-10-23(19(17)25)15-7-4-3-5-8-15;/h3-5,7-8,16-17H,2,6,9-14,20H2,1H3;1H. The highest BCUT2D eigenvalue weighted by Crippen LogP contribution is 2.25. The average Bonchev–Trinajstić information content (AvgIpc) is 3.03. The summed E-state index contributed by atoms with van der Waals surface area (Å²) < 4.78 is 0. The molecular weight excluding hydrogens is 352 g/mol. The highest BCUT2D eigenvalue weighted by Gasteiger charge is 2.38. The van der Waals surface area contributed by atoms with Gasteiger partial charge >= 0.3 is 0 Å². The maximum absolute atomic E-state index is 12.8. The lowest BCUT2D eigenvalue weighted by molar-refractivity contribution is -0.135. The summed E-state index contributed by atoms with van der Waals surface area (Å²) in [5, 5.41) is 0. The van der Waals surface area contributed by atoms with Gasteiger partial charge in [0, 0.05) is 38.4 Å². The summed E-state index contributed by atoms with van der Waals surface area (Å²) >= 11 is 0. The molecule has 2 N–H and O–H groups in total. The van der Waals surface area contributed by atoms with Crippen molar-refractivity contribution in [2.45, 2.75) is 38.3 Å². The van der Waals surface area contributed by atoms with E-state index in [4.69, 9.17) is 5.73 Å². The van der Waals surface area contributed by atoms with Crippen LogP contribution >= 0.6 is 12.4 Å². The van der Waals surface area contributed by atoms with Gasteiger partial charge in [0.15, 0.2) is 0 Å². The summed E-state index contributed by atoms with van der Waals surface area (Å²) in [5.74, 6) is 0.221. The van der Waals surface area contributed by atoms with Crippen LogP contribution in [0.5, 0.6) is 0 Å². The number of carbonyl (C=O) groups excluding carboxylic acids is 2. The normalized spacial score (nSPS) is 22.2. The quantitative estimate of drug-likeness (QED) is 0.840. The van der Waals surface area contributed by atoms with E-state index in [9.17, 15) is 9.59 Å². The van der Waals surface area contributed by atoms with Gasteiger partial charge in [-0.05, 0) is 25.0 Å². The van der Waals surface area contributed by atoms with Gasteiger partial charge in [-0.15, -0.1) is 12.4 Å². The molecule has 2 saturated heterocycles. The first-order chi connectivity index (χ1) is 12.1. The maximum Gasteiger partial charge on any atom is 0.244 e. The molecule has 1 aromatic rings. The second-order valence-electron chi connectivity index (χ2n) is 6.89. The van der Waals surface area contributed by atoms with Crippen molar-refractivity contribution < 1.29 is 9.59 Å². The maximum atomic E-state index is 12.8. The molecule has 1 aromatic carbocycles. The molecule has 0 bridgehead atoms. The van der Waals surface area contributed by atoms with Gasteiger partial charge in [-0.1, -0.05) is 31.5 Å². The predicted octanol–water partition coefficient (Wildman–Crippen LogP) is 1.49. The van der Waals surface area contributed by atoms with E-state index in [1.54, 1.807) is 0 Å². The van der Waals surface area contributed by atoms with Crippen LogP contribution < -0.4 is 10.6 Å². The number of para-hydroxylation sites is 1. The van der Waals surface area contributed by atoms with Gasteiger partial charge in [-0.25, -0.2) is 0 Å². The predicted molar refractivity (Wildman–Crippen MR) is 105 cm³/mol. The van der Waals surface area contributed by atoms with Gasteiger partial charge in [0.1, 0.15) is 0 Å². The zero-order valence-corrected chi connectivity index (χ0v) is 16.2. The molecule has 7 heteroatoms. The summed E-state index contributed by atoms with van der Waals surface area (Å²) in [6.07, 6.45) is 2.49.